The Kier molecular flexibility index (Phi) is 11.5. The van der Waals surface area contributed by atoms with Gasteiger partial charge in [-0.3, -0.25) is 4.79 Å². The molecule has 1 aromatic carbocycles. The Balaban J connectivity index is 0.000000718. The van der Waals surface area contributed by atoms with Gasteiger partial charge in [0.2, 0.25) is 15.9 Å². The van der Waals surface area contributed by atoms with E-state index in [2.05, 4.69) is 19.2 Å². The van der Waals surface area contributed by atoms with Crippen LogP contribution in [0, 0.1) is 19.8 Å². The Morgan fingerprint density at radius 1 is 1.15 bits per heavy atom. The van der Waals surface area contributed by atoms with Gasteiger partial charge in [-0.05, 0) is 37.8 Å². The number of aryl methyl sites for hydroxylation is 2. The van der Waals surface area contributed by atoms with Crippen molar-refractivity contribution in [2.24, 2.45) is 5.92 Å². The van der Waals surface area contributed by atoms with Crippen LogP contribution < -0.4 is 5.32 Å². The number of carbonyl (C=O) groups is 2. The number of amides is 1. The molecule has 8 nitrogen and oxygen atoms in total. The molecule has 1 saturated heterocycles. The summed E-state index contributed by atoms with van der Waals surface area (Å²) in [4.78, 5) is 23.5. The number of carboxylic acids is 1. The molecule has 1 amide bonds. The summed E-state index contributed by atoms with van der Waals surface area (Å²) in [5.41, 5.74) is 1.78. The van der Waals surface area contributed by atoms with Crippen LogP contribution in [-0.4, -0.2) is 80.1 Å². The number of sulfonamides is 1. The number of rotatable bonds is 8. The molecule has 0 aromatic heterocycles. The van der Waals surface area contributed by atoms with E-state index in [1.165, 1.54) is 4.31 Å². The number of piperazine rings is 1. The third-order valence-corrected chi connectivity index (χ3v) is 7.25. The van der Waals surface area contributed by atoms with Gasteiger partial charge in [0.1, 0.15) is 0 Å². The summed E-state index contributed by atoms with van der Waals surface area (Å²) in [5, 5.41) is 10.3. The van der Waals surface area contributed by atoms with E-state index in [4.69, 9.17) is 9.90 Å². The van der Waals surface area contributed by atoms with Gasteiger partial charge < -0.3 is 15.3 Å². The zero-order valence-corrected chi connectivity index (χ0v) is 20.8. The van der Waals surface area contributed by atoms with Crippen LogP contribution in [0.15, 0.2) is 23.1 Å². The number of halogens is 3. The van der Waals surface area contributed by atoms with Crippen LogP contribution in [-0.2, 0) is 19.6 Å². The molecule has 0 spiro atoms. The van der Waals surface area contributed by atoms with Gasteiger partial charge in [-0.2, -0.15) is 17.5 Å². The monoisotopic (exact) mass is 509 g/mol. The molecule has 0 aliphatic carbocycles. The van der Waals surface area contributed by atoms with Crippen LogP contribution in [0.4, 0.5) is 13.2 Å². The van der Waals surface area contributed by atoms with Crippen molar-refractivity contribution in [1.29, 1.82) is 0 Å². The van der Waals surface area contributed by atoms with Crippen molar-refractivity contribution in [2.45, 2.75) is 51.6 Å². The fraction of sp³-hybridized carbons (Fsp3) is 0.636. The standard InChI is InChI=1S/C20H33N3O3S.C2HF3O2/c1-16(2)7-11-23(12-8-20(24)22-13-9-21-10-14-22)27(25,26)19-6-5-17(3)15-18(19)4;3-2(4,5)1(6)7/h5-6,15-16,21H,7-14H2,1-4H3;(H,6,7). The van der Waals surface area contributed by atoms with E-state index < -0.39 is 22.2 Å². The molecule has 1 aliphatic heterocycles. The van der Waals surface area contributed by atoms with E-state index in [0.29, 0.717) is 30.4 Å². The minimum atomic E-state index is -5.08. The topological polar surface area (TPSA) is 107 Å². The van der Waals surface area contributed by atoms with Crippen molar-refractivity contribution in [3.8, 4) is 0 Å². The van der Waals surface area contributed by atoms with Gasteiger partial charge in [-0.25, -0.2) is 13.2 Å². The lowest BCUT2D eigenvalue weighted by molar-refractivity contribution is -0.192. The number of alkyl halides is 3. The van der Waals surface area contributed by atoms with Gasteiger partial charge in [-0.15, -0.1) is 0 Å². The molecule has 0 radical (unpaired) electrons. The zero-order chi connectivity index (χ0) is 26.1. The highest BCUT2D eigenvalue weighted by Gasteiger charge is 2.38. The second kappa shape index (κ2) is 13.1. The lowest BCUT2D eigenvalue weighted by atomic mass is 10.1. The van der Waals surface area contributed by atoms with Crippen molar-refractivity contribution in [2.75, 3.05) is 39.3 Å². The fourth-order valence-electron chi connectivity index (χ4n) is 3.27. The van der Waals surface area contributed by atoms with Gasteiger partial charge in [0.05, 0.1) is 4.90 Å². The molecule has 0 unspecified atom stereocenters. The van der Waals surface area contributed by atoms with Gasteiger partial charge in [0.25, 0.3) is 0 Å². The average molecular weight is 510 g/mol. The number of carboxylic acid groups (broad SMARTS) is 1. The summed E-state index contributed by atoms with van der Waals surface area (Å²) in [6.07, 6.45) is -4.09. The van der Waals surface area contributed by atoms with Crippen molar-refractivity contribution in [1.82, 2.24) is 14.5 Å². The predicted octanol–water partition coefficient (Wildman–Crippen LogP) is 2.80. The fourth-order valence-corrected chi connectivity index (χ4v) is 4.94. The lowest BCUT2D eigenvalue weighted by Crippen LogP contribution is -2.47. The number of nitrogens with zero attached hydrogens (tertiary/aromatic N) is 2. The van der Waals surface area contributed by atoms with E-state index in [0.717, 1.165) is 30.6 Å². The highest BCUT2D eigenvalue weighted by molar-refractivity contribution is 7.89. The van der Waals surface area contributed by atoms with Crippen molar-refractivity contribution < 1.29 is 36.3 Å². The van der Waals surface area contributed by atoms with Gasteiger partial charge in [0.15, 0.2) is 0 Å². The van der Waals surface area contributed by atoms with Gasteiger partial charge >= 0.3 is 12.1 Å². The smallest absolute Gasteiger partial charge is 0.475 e. The SMILES string of the molecule is Cc1ccc(S(=O)(=O)N(CCC(=O)N2CCNCC2)CCC(C)C)c(C)c1.O=C(O)C(F)(F)F. The zero-order valence-electron chi connectivity index (χ0n) is 20.0. The summed E-state index contributed by atoms with van der Waals surface area (Å²) >= 11 is 0. The van der Waals surface area contributed by atoms with Gasteiger partial charge in [-0.1, -0.05) is 31.5 Å². The maximum atomic E-state index is 13.3. The molecule has 194 valence electrons. The maximum absolute atomic E-state index is 13.3. The third kappa shape index (κ3) is 9.59. The van der Waals surface area contributed by atoms with Crippen LogP contribution in [0.5, 0.6) is 0 Å². The Labute approximate surface area is 199 Å². The average Bonchev–Trinajstić information content (AvgIpc) is 2.73. The number of benzene rings is 1. The first-order valence-corrected chi connectivity index (χ1v) is 12.5. The quantitative estimate of drug-likeness (QED) is 0.558. The minimum Gasteiger partial charge on any atom is -0.475 e. The summed E-state index contributed by atoms with van der Waals surface area (Å²) in [6, 6.07) is 5.40. The molecular weight excluding hydrogens is 475 g/mol. The number of nitrogens with one attached hydrogen (secondary N) is 1. The predicted molar refractivity (Wildman–Crippen MR) is 122 cm³/mol. The minimum absolute atomic E-state index is 0.0295. The van der Waals surface area contributed by atoms with E-state index in [1.807, 2.05) is 30.9 Å². The first kappa shape index (κ1) is 29.9. The molecule has 12 heteroatoms. The Morgan fingerprint density at radius 3 is 2.18 bits per heavy atom. The number of carbonyl (C=O) groups excluding carboxylic acids is 1. The lowest BCUT2D eigenvalue weighted by Gasteiger charge is -2.29. The van der Waals surface area contributed by atoms with E-state index in [9.17, 15) is 26.4 Å². The molecule has 2 rings (SSSR count). The molecule has 1 fully saturated rings. The molecule has 1 aromatic rings. The van der Waals surface area contributed by atoms with Crippen molar-refractivity contribution >= 4 is 21.9 Å². The first-order valence-electron chi connectivity index (χ1n) is 11.0. The van der Waals surface area contributed by atoms with Gasteiger partial charge in [0, 0.05) is 45.7 Å². The maximum Gasteiger partial charge on any atom is 0.490 e. The second-order valence-corrected chi connectivity index (χ2v) is 10.4. The molecule has 1 aliphatic rings. The van der Waals surface area contributed by atoms with Crippen LogP contribution in [0.1, 0.15) is 37.8 Å². The normalized spacial score (nSPS) is 14.7. The largest absolute Gasteiger partial charge is 0.490 e. The summed E-state index contributed by atoms with van der Waals surface area (Å²) < 4.78 is 59.7. The first-order chi connectivity index (χ1) is 15.7. The Hall–Kier alpha value is -2.18. The Bertz CT molecular complexity index is 930. The molecule has 1 heterocycles. The van der Waals surface area contributed by atoms with E-state index >= 15 is 0 Å². The molecular formula is C22H34F3N3O5S. The molecule has 34 heavy (non-hydrogen) atoms. The Morgan fingerprint density at radius 2 is 1.71 bits per heavy atom. The number of hydrogen-bond donors (Lipinski definition) is 2. The summed E-state index contributed by atoms with van der Waals surface area (Å²) in [5.74, 6) is -2.33. The second-order valence-electron chi connectivity index (χ2n) is 8.54. The number of aliphatic carboxylic acids is 1. The van der Waals surface area contributed by atoms with E-state index in [-0.39, 0.29) is 18.9 Å². The molecule has 2 N–H and O–H groups in total. The summed E-state index contributed by atoms with van der Waals surface area (Å²) in [7, 11) is -3.62. The van der Waals surface area contributed by atoms with Crippen LogP contribution >= 0.6 is 0 Å². The van der Waals surface area contributed by atoms with E-state index in [1.54, 1.807) is 6.07 Å². The van der Waals surface area contributed by atoms with Crippen molar-refractivity contribution in [3.63, 3.8) is 0 Å². The van der Waals surface area contributed by atoms with Crippen LogP contribution in [0.2, 0.25) is 0 Å². The molecule has 0 bridgehead atoms. The summed E-state index contributed by atoms with van der Waals surface area (Å²) in [6.45, 7) is 11.6. The molecule has 0 saturated carbocycles. The van der Waals surface area contributed by atoms with Crippen molar-refractivity contribution in [3.05, 3.63) is 29.3 Å². The van der Waals surface area contributed by atoms with Crippen LogP contribution in [0.3, 0.4) is 0 Å². The van der Waals surface area contributed by atoms with Crippen LogP contribution in [0.25, 0.3) is 0 Å². The number of hydrogen-bond acceptors (Lipinski definition) is 5. The third-order valence-electron chi connectivity index (χ3n) is 5.19. The highest BCUT2D eigenvalue weighted by atomic mass is 32.2. The molecule has 0 atom stereocenters. The highest BCUT2D eigenvalue weighted by Crippen LogP contribution is 2.22.